The highest BCUT2D eigenvalue weighted by Gasteiger charge is 2.25. The van der Waals surface area contributed by atoms with Crippen LogP contribution in [-0.4, -0.2) is 39.9 Å². The summed E-state index contributed by atoms with van der Waals surface area (Å²) in [5, 5.41) is 0.624. The smallest absolute Gasteiger partial charge is 0.247 e. The van der Waals surface area contributed by atoms with Gasteiger partial charge in [-0.2, -0.15) is 0 Å². The highest BCUT2D eigenvalue weighted by atomic mass is 35.5. The van der Waals surface area contributed by atoms with Crippen molar-refractivity contribution >= 4 is 34.8 Å². The van der Waals surface area contributed by atoms with E-state index < -0.39 is 0 Å². The second-order valence-corrected chi connectivity index (χ2v) is 7.01. The van der Waals surface area contributed by atoms with E-state index >= 15 is 0 Å². The minimum atomic E-state index is -0.237. The Hall–Kier alpha value is -2.34. The second-order valence-electron chi connectivity index (χ2n) is 6.32. The van der Waals surface area contributed by atoms with Gasteiger partial charge in [-0.05, 0) is 47.0 Å². The van der Waals surface area contributed by atoms with Gasteiger partial charge in [-0.25, -0.2) is 4.98 Å². The lowest BCUT2D eigenvalue weighted by molar-refractivity contribution is -0.133. The first-order valence-corrected chi connectivity index (χ1v) is 9.36. The molecule has 0 unspecified atom stereocenters. The molecule has 2 aromatic heterocycles. The SMILES string of the molecule is O=C(/C=C\Cl)N1CCO[C@H](c2cc(Cl)cc(-c3ccn4ccnc4c3)c2)C1. The Morgan fingerprint density at radius 3 is 2.96 bits per heavy atom. The molecule has 1 aromatic carbocycles. The van der Waals surface area contributed by atoms with E-state index in [9.17, 15) is 4.79 Å². The normalized spacial score (nSPS) is 17.7. The summed E-state index contributed by atoms with van der Waals surface area (Å²) in [4.78, 5) is 18.1. The molecule has 1 saturated heterocycles. The van der Waals surface area contributed by atoms with Gasteiger partial charge >= 0.3 is 0 Å². The van der Waals surface area contributed by atoms with Gasteiger partial charge in [-0.3, -0.25) is 4.79 Å². The molecule has 1 aliphatic rings. The molecule has 3 heterocycles. The third-order valence-corrected chi connectivity index (χ3v) is 4.95. The Morgan fingerprint density at radius 2 is 2.11 bits per heavy atom. The van der Waals surface area contributed by atoms with Gasteiger partial charge in [0.1, 0.15) is 11.8 Å². The summed E-state index contributed by atoms with van der Waals surface area (Å²) in [6.07, 6.45) is 6.75. The Bertz CT molecular complexity index is 1020. The first kappa shape index (κ1) is 18.0. The maximum atomic E-state index is 12.1. The van der Waals surface area contributed by atoms with Gasteiger partial charge in [-0.15, -0.1) is 0 Å². The number of pyridine rings is 1. The maximum absolute atomic E-state index is 12.1. The Balaban J connectivity index is 1.64. The van der Waals surface area contributed by atoms with Gasteiger partial charge in [-0.1, -0.05) is 23.2 Å². The third-order valence-electron chi connectivity index (χ3n) is 4.61. The fraction of sp³-hybridized carbons (Fsp3) is 0.200. The lowest BCUT2D eigenvalue weighted by atomic mass is 10.0. The highest BCUT2D eigenvalue weighted by Crippen LogP contribution is 2.31. The van der Waals surface area contributed by atoms with Crippen LogP contribution < -0.4 is 0 Å². The van der Waals surface area contributed by atoms with Crippen LogP contribution in [0, 0.1) is 0 Å². The van der Waals surface area contributed by atoms with Crippen molar-refractivity contribution in [2.45, 2.75) is 6.10 Å². The molecule has 0 bridgehead atoms. The van der Waals surface area contributed by atoms with E-state index in [2.05, 4.69) is 11.1 Å². The number of imidazole rings is 1. The Labute approximate surface area is 166 Å². The molecule has 0 aliphatic carbocycles. The number of nitrogens with zero attached hydrogens (tertiary/aromatic N) is 3. The molecule has 1 atom stereocenters. The molecule has 3 aromatic rings. The zero-order valence-electron chi connectivity index (χ0n) is 14.4. The van der Waals surface area contributed by atoms with Gasteiger partial charge < -0.3 is 14.0 Å². The van der Waals surface area contributed by atoms with Crippen molar-refractivity contribution in [2.24, 2.45) is 0 Å². The van der Waals surface area contributed by atoms with Crippen LogP contribution in [0.3, 0.4) is 0 Å². The van der Waals surface area contributed by atoms with Crippen molar-refractivity contribution < 1.29 is 9.53 Å². The quantitative estimate of drug-likeness (QED) is 0.614. The molecular weight excluding hydrogens is 385 g/mol. The van der Waals surface area contributed by atoms with E-state index in [1.165, 1.54) is 11.6 Å². The molecule has 4 rings (SSSR count). The maximum Gasteiger partial charge on any atom is 0.247 e. The van der Waals surface area contributed by atoms with Crippen LogP contribution in [-0.2, 0) is 9.53 Å². The fourth-order valence-electron chi connectivity index (χ4n) is 3.27. The monoisotopic (exact) mass is 401 g/mol. The number of fused-ring (bicyclic) bond motifs is 1. The number of benzene rings is 1. The minimum Gasteiger partial charge on any atom is -0.370 e. The number of ether oxygens (including phenoxy) is 1. The molecule has 5 nitrogen and oxygen atoms in total. The third kappa shape index (κ3) is 3.86. The molecular formula is C20H17Cl2N3O2. The number of carbonyl (C=O) groups is 1. The number of halogens is 2. The Kier molecular flexibility index (Phi) is 5.16. The van der Waals surface area contributed by atoms with E-state index in [1.54, 1.807) is 11.1 Å². The van der Waals surface area contributed by atoms with Gasteiger partial charge in [0.15, 0.2) is 0 Å². The van der Waals surface area contributed by atoms with Crippen LogP contribution >= 0.6 is 23.2 Å². The molecule has 0 spiro atoms. The van der Waals surface area contributed by atoms with Gasteiger partial charge in [0.05, 0.1) is 13.2 Å². The molecule has 27 heavy (non-hydrogen) atoms. The van der Waals surface area contributed by atoms with Crippen LogP contribution in [0.15, 0.2) is 60.5 Å². The zero-order valence-corrected chi connectivity index (χ0v) is 15.9. The standard InChI is InChI=1S/C20H17Cl2N3O2/c21-3-1-20(26)25-7-8-27-18(13-25)16-9-15(10-17(22)11-16)14-2-5-24-6-4-23-19(24)12-14/h1-6,9-12,18H,7-8,13H2/b3-1-/t18-/m0/s1. The van der Waals surface area contributed by atoms with Crippen molar-refractivity contribution in [3.63, 3.8) is 0 Å². The van der Waals surface area contributed by atoms with Crippen molar-refractivity contribution in [3.05, 3.63) is 71.1 Å². The van der Waals surface area contributed by atoms with Crippen molar-refractivity contribution in [1.29, 1.82) is 0 Å². The summed E-state index contributed by atoms with van der Waals surface area (Å²) < 4.78 is 7.85. The molecule has 7 heteroatoms. The number of hydrogen-bond acceptors (Lipinski definition) is 3. The second kappa shape index (κ2) is 7.72. The van der Waals surface area contributed by atoms with E-state index in [0.29, 0.717) is 24.7 Å². The number of aromatic nitrogens is 2. The van der Waals surface area contributed by atoms with Crippen molar-refractivity contribution in [1.82, 2.24) is 14.3 Å². The van der Waals surface area contributed by atoms with E-state index in [-0.39, 0.29) is 12.0 Å². The van der Waals surface area contributed by atoms with Crippen LogP contribution in [0.1, 0.15) is 11.7 Å². The first-order chi connectivity index (χ1) is 13.1. The first-order valence-electron chi connectivity index (χ1n) is 8.55. The number of hydrogen-bond donors (Lipinski definition) is 0. The van der Waals surface area contributed by atoms with Crippen LogP contribution in [0.25, 0.3) is 16.8 Å². The van der Waals surface area contributed by atoms with Crippen LogP contribution in [0.4, 0.5) is 0 Å². The Morgan fingerprint density at radius 1 is 1.22 bits per heavy atom. The number of morpholine rings is 1. The summed E-state index contributed by atoms with van der Waals surface area (Å²) >= 11 is 11.9. The number of carbonyl (C=O) groups excluding carboxylic acids is 1. The minimum absolute atomic E-state index is 0.120. The summed E-state index contributed by atoms with van der Waals surface area (Å²) in [6.45, 7) is 1.47. The molecule has 0 radical (unpaired) electrons. The topological polar surface area (TPSA) is 46.8 Å². The lowest BCUT2D eigenvalue weighted by Crippen LogP contribution is -2.41. The number of amides is 1. The van der Waals surface area contributed by atoms with Gasteiger partial charge in [0.2, 0.25) is 5.91 Å². The molecule has 1 fully saturated rings. The number of rotatable bonds is 3. The van der Waals surface area contributed by atoms with Crippen LogP contribution in [0.5, 0.6) is 0 Å². The molecule has 1 aliphatic heterocycles. The average Bonchev–Trinajstić information content (AvgIpc) is 3.15. The van der Waals surface area contributed by atoms with E-state index in [1.807, 2.05) is 41.1 Å². The average molecular weight is 402 g/mol. The zero-order chi connectivity index (χ0) is 18.8. The summed E-state index contributed by atoms with van der Waals surface area (Å²) in [5.74, 6) is -0.120. The van der Waals surface area contributed by atoms with Crippen molar-refractivity contribution in [3.8, 4) is 11.1 Å². The molecule has 0 N–H and O–H groups in total. The summed E-state index contributed by atoms with van der Waals surface area (Å²) in [5.41, 5.74) is 5.04. The fourth-order valence-corrected chi connectivity index (χ4v) is 3.62. The van der Waals surface area contributed by atoms with E-state index in [4.69, 9.17) is 27.9 Å². The van der Waals surface area contributed by atoms with Crippen LogP contribution in [0.2, 0.25) is 5.02 Å². The molecule has 1 amide bonds. The lowest BCUT2D eigenvalue weighted by Gasteiger charge is -2.32. The largest absolute Gasteiger partial charge is 0.370 e. The van der Waals surface area contributed by atoms with E-state index in [0.717, 1.165) is 22.3 Å². The molecule has 0 saturated carbocycles. The van der Waals surface area contributed by atoms with Gasteiger partial charge in [0.25, 0.3) is 0 Å². The van der Waals surface area contributed by atoms with Crippen molar-refractivity contribution in [2.75, 3.05) is 19.7 Å². The predicted octanol–water partition coefficient (Wildman–Crippen LogP) is 4.31. The highest BCUT2D eigenvalue weighted by molar-refractivity contribution is 6.31. The summed E-state index contributed by atoms with van der Waals surface area (Å²) in [7, 11) is 0. The van der Waals surface area contributed by atoms with Gasteiger partial charge in [0, 0.05) is 41.8 Å². The molecule has 138 valence electrons. The predicted molar refractivity (Wildman–Crippen MR) is 106 cm³/mol. The summed E-state index contributed by atoms with van der Waals surface area (Å²) in [6, 6.07) is 9.89.